The van der Waals surface area contributed by atoms with E-state index in [9.17, 15) is 0 Å². The zero-order valence-corrected chi connectivity index (χ0v) is 25.7. The SMILES string of the molecule is c1ccc(C2NC(c3cccc4oc5c(-c6cccc7c6oc6ccccc67)ccnc5c34)=NC(c3ccc4ccccc4c3)N2)cc1. The fraction of sp³-hybridized carbons (Fsp3) is 0.0476. The van der Waals surface area contributed by atoms with Gasteiger partial charge in [-0.25, -0.2) is 4.99 Å². The second-order valence-electron chi connectivity index (χ2n) is 12.2. The van der Waals surface area contributed by atoms with Crippen LogP contribution >= 0.6 is 0 Å². The molecule has 6 heteroatoms. The average molecular weight is 621 g/mol. The Bertz CT molecular complexity index is 2710. The molecule has 0 amide bonds. The minimum atomic E-state index is -0.279. The fourth-order valence-corrected chi connectivity index (χ4v) is 7.13. The van der Waals surface area contributed by atoms with Crippen molar-refractivity contribution < 1.29 is 8.83 Å². The molecule has 0 fully saturated rings. The summed E-state index contributed by atoms with van der Waals surface area (Å²) in [6, 6.07) is 47.9. The first kappa shape index (κ1) is 26.9. The van der Waals surface area contributed by atoms with E-state index in [-0.39, 0.29) is 12.3 Å². The molecule has 0 bridgehead atoms. The molecular formula is C42H28N4O2. The Kier molecular flexibility index (Phi) is 5.98. The predicted octanol–water partition coefficient (Wildman–Crippen LogP) is 10.0. The second-order valence-corrected chi connectivity index (χ2v) is 12.2. The molecule has 2 unspecified atom stereocenters. The van der Waals surface area contributed by atoms with Crippen LogP contribution < -0.4 is 10.6 Å². The van der Waals surface area contributed by atoms with Crippen molar-refractivity contribution in [2.75, 3.05) is 0 Å². The molecule has 0 saturated heterocycles. The van der Waals surface area contributed by atoms with Crippen molar-refractivity contribution in [2.45, 2.75) is 12.3 Å². The third-order valence-corrected chi connectivity index (χ3v) is 9.42. The summed E-state index contributed by atoms with van der Waals surface area (Å²) in [5.41, 5.74) is 9.00. The molecular weight excluding hydrogens is 592 g/mol. The Hall–Kier alpha value is -6.24. The average Bonchev–Trinajstić information content (AvgIpc) is 3.74. The lowest BCUT2D eigenvalue weighted by atomic mass is 10.0. The molecule has 228 valence electrons. The Labute approximate surface area is 275 Å². The lowest BCUT2D eigenvalue weighted by molar-refractivity contribution is 0.409. The Morgan fingerprint density at radius 1 is 0.542 bits per heavy atom. The van der Waals surface area contributed by atoms with Gasteiger partial charge < -0.3 is 14.2 Å². The van der Waals surface area contributed by atoms with Crippen molar-refractivity contribution in [3.63, 3.8) is 0 Å². The predicted molar refractivity (Wildman–Crippen MR) is 193 cm³/mol. The summed E-state index contributed by atoms with van der Waals surface area (Å²) in [7, 11) is 0. The molecule has 10 rings (SSSR count). The number of nitrogens with zero attached hydrogens (tertiary/aromatic N) is 2. The number of para-hydroxylation sites is 2. The number of furan rings is 2. The van der Waals surface area contributed by atoms with E-state index in [1.54, 1.807) is 0 Å². The van der Waals surface area contributed by atoms with Crippen LogP contribution in [0.15, 0.2) is 160 Å². The van der Waals surface area contributed by atoms with Crippen LogP contribution in [-0.4, -0.2) is 10.8 Å². The van der Waals surface area contributed by atoms with Gasteiger partial charge in [0.1, 0.15) is 40.4 Å². The summed E-state index contributed by atoms with van der Waals surface area (Å²) >= 11 is 0. The molecule has 0 saturated carbocycles. The Balaban J connectivity index is 1.16. The molecule has 2 atom stereocenters. The standard InChI is InChI=1S/C42H28N4O2/c1-2-11-26(12-3-1)40-44-41(28-21-20-25-10-4-5-13-27(25)24-28)46-42(45-40)33-17-9-19-35-36(33)37-39(48-35)32(22-23-43-37)31-16-8-15-30-29-14-6-7-18-34(29)47-38(30)31/h1-24,40-41,44H,(H,45,46). The molecule has 0 radical (unpaired) electrons. The van der Waals surface area contributed by atoms with Crippen molar-refractivity contribution in [3.8, 4) is 11.1 Å². The summed E-state index contributed by atoms with van der Waals surface area (Å²) in [5, 5.41) is 12.9. The number of amidine groups is 1. The first-order valence-corrected chi connectivity index (χ1v) is 16.1. The van der Waals surface area contributed by atoms with Gasteiger partial charge in [-0.1, -0.05) is 115 Å². The molecule has 1 aliphatic rings. The molecule has 9 aromatic rings. The summed E-state index contributed by atoms with van der Waals surface area (Å²) in [6.07, 6.45) is 1.41. The van der Waals surface area contributed by atoms with Gasteiger partial charge in [-0.05, 0) is 46.2 Å². The molecule has 3 aromatic heterocycles. The van der Waals surface area contributed by atoms with Crippen LogP contribution in [-0.2, 0) is 0 Å². The normalized spacial score (nSPS) is 16.5. The minimum absolute atomic E-state index is 0.169. The van der Waals surface area contributed by atoms with Gasteiger partial charge in [0.15, 0.2) is 5.58 Å². The third-order valence-electron chi connectivity index (χ3n) is 9.42. The molecule has 1 aliphatic heterocycles. The summed E-state index contributed by atoms with van der Waals surface area (Å²) in [6.45, 7) is 0. The van der Waals surface area contributed by atoms with Crippen molar-refractivity contribution in [2.24, 2.45) is 4.99 Å². The van der Waals surface area contributed by atoms with Gasteiger partial charge in [-0.15, -0.1) is 0 Å². The van der Waals surface area contributed by atoms with Crippen molar-refractivity contribution in [1.82, 2.24) is 15.6 Å². The maximum Gasteiger partial charge on any atom is 0.161 e. The van der Waals surface area contributed by atoms with Crippen LogP contribution in [0.1, 0.15) is 29.0 Å². The minimum Gasteiger partial charge on any atom is -0.455 e. The maximum absolute atomic E-state index is 6.66. The summed E-state index contributed by atoms with van der Waals surface area (Å²) < 4.78 is 13.1. The van der Waals surface area contributed by atoms with Crippen LogP contribution in [0.3, 0.4) is 0 Å². The first-order valence-electron chi connectivity index (χ1n) is 16.1. The van der Waals surface area contributed by atoms with E-state index < -0.39 is 0 Å². The molecule has 4 heterocycles. The van der Waals surface area contributed by atoms with E-state index in [2.05, 4.69) is 108 Å². The summed E-state index contributed by atoms with van der Waals surface area (Å²) in [5.74, 6) is 0.778. The number of aromatic nitrogens is 1. The number of fused-ring (bicyclic) bond motifs is 7. The van der Waals surface area contributed by atoms with Crippen molar-refractivity contribution >= 4 is 60.6 Å². The highest BCUT2D eigenvalue weighted by atomic mass is 16.3. The highest BCUT2D eigenvalue weighted by molar-refractivity contribution is 6.19. The van der Waals surface area contributed by atoms with Crippen LogP contribution in [0, 0.1) is 0 Å². The number of hydrogen-bond acceptors (Lipinski definition) is 6. The van der Waals surface area contributed by atoms with E-state index in [1.165, 1.54) is 10.8 Å². The number of pyridine rings is 1. The van der Waals surface area contributed by atoms with E-state index in [0.29, 0.717) is 5.58 Å². The molecule has 2 N–H and O–H groups in total. The Morgan fingerprint density at radius 2 is 1.27 bits per heavy atom. The number of nitrogens with one attached hydrogen (secondary N) is 2. The number of benzene rings is 6. The molecule has 48 heavy (non-hydrogen) atoms. The smallest absolute Gasteiger partial charge is 0.161 e. The first-order chi connectivity index (χ1) is 23.8. The second kappa shape index (κ2) is 10.7. The van der Waals surface area contributed by atoms with Crippen LogP contribution in [0.2, 0.25) is 0 Å². The van der Waals surface area contributed by atoms with Crippen LogP contribution in [0.4, 0.5) is 0 Å². The van der Waals surface area contributed by atoms with Gasteiger partial charge in [-0.2, -0.15) is 0 Å². The molecule has 6 aromatic carbocycles. The highest BCUT2D eigenvalue weighted by Gasteiger charge is 2.28. The zero-order chi connectivity index (χ0) is 31.6. The van der Waals surface area contributed by atoms with Crippen molar-refractivity contribution in [3.05, 3.63) is 162 Å². The van der Waals surface area contributed by atoms with Gasteiger partial charge in [0.2, 0.25) is 0 Å². The molecule has 0 aliphatic carbocycles. The van der Waals surface area contributed by atoms with Gasteiger partial charge >= 0.3 is 0 Å². The number of hydrogen-bond donors (Lipinski definition) is 2. The van der Waals surface area contributed by atoms with E-state index in [1.807, 2.05) is 48.7 Å². The van der Waals surface area contributed by atoms with Crippen LogP contribution in [0.5, 0.6) is 0 Å². The topological polar surface area (TPSA) is 75.6 Å². The largest absolute Gasteiger partial charge is 0.455 e. The van der Waals surface area contributed by atoms with Gasteiger partial charge in [0, 0.05) is 33.7 Å². The lowest BCUT2D eigenvalue weighted by Crippen LogP contribution is -2.45. The molecule has 6 nitrogen and oxygen atoms in total. The number of aliphatic imine (C=N–C) groups is 1. The fourth-order valence-electron chi connectivity index (χ4n) is 7.13. The summed E-state index contributed by atoms with van der Waals surface area (Å²) in [4.78, 5) is 10.2. The zero-order valence-electron chi connectivity index (χ0n) is 25.7. The third kappa shape index (κ3) is 4.24. The number of rotatable bonds is 4. The van der Waals surface area contributed by atoms with E-state index in [4.69, 9.17) is 18.8 Å². The van der Waals surface area contributed by atoms with Gasteiger partial charge in [-0.3, -0.25) is 10.3 Å². The maximum atomic E-state index is 6.66. The molecule has 0 spiro atoms. The van der Waals surface area contributed by atoms with Crippen LogP contribution in [0.25, 0.3) is 65.9 Å². The van der Waals surface area contributed by atoms with Crippen molar-refractivity contribution in [1.29, 1.82) is 0 Å². The lowest BCUT2D eigenvalue weighted by Gasteiger charge is -2.32. The van der Waals surface area contributed by atoms with Gasteiger partial charge in [0.05, 0.1) is 5.39 Å². The van der Waals surface area contributed by atoms with Gasteiger partial charge in [0.25, 0.3) is 0 Å². The monoisotopic (exact) mass is 620 g/mol. The quantitative estimate of drug-likeness (QED) is 0.205. The van der Waals surface area contributed by atoms with E-state index in [0.717, 1.165) is 72.1 Å². The van der Waals surface area contributed by atoms with E-state index >= 15 is 0 Å². The highest BCUT2D eigenvalue weighted by Crippen LogP contribution is 2.41. The Morgan fingerprint density at radius 3 is 2.21 bits per heavy atom.